The molecular formula is C21H19ClN2OS. The van der Waals surface area contributed by atoms with Crippen LogP contribution >= 0.6 is 22.9 Å². The number of aryl methyl sites for hydroxylation is 1. The average molecular weight is 383 g/mol. The first-order chi connectivity index (χ1) is 12.6. The molecule has 0 aliphatic heterocycles. The summed E-state index contributed by atoms with van der Waals surface area (Å²) in [7, 11) is 1.70. The van der Waals surface area contributed by atoms with Crippen LogP contribution in [-0.2, 0) is 6.42 Å². The van der Waals surface area contributed by atoms with Crippen molar-refractivity contribution in [3.63, 3.8) is 0 Å². The molecule has 0 spiro atoms. The summed E-state index contributed by atoms with van der Waals surface area (Å²) < 4.78 is 6.91. The fourth-order valence-corrected chi connectivity index (χ4v) is 4.50. The van der Waals surface area contributed by atoms with E-state index in [1.807, 2.05) is 18.3 Å². The van der Waals surface area contributed by atoms with E-state index in [0.29, 0.717) is 6.54 Å². The van der Waals surface area contributed by atoms with E-state index in [1.165, 1.54) is 5.39 Å². The minimum absolute atomic E-state index is 0.579. The molecule has 4 rings (SSSR count). The van der Waals surface area contributed by atoms with Crippen LogP contribution in [-0.4, -0.2) is 18.6 Å². The van der Waals surface area contributed by atoms with Crippen molar-refractivity contribution in [2.24, 2.45) is 5.73 Å². The summed E-state index contributed by atoms with van der Waals surface area (Å²) in [6, 6.07) is 10.3. The minimum Gasteiger partial charge on any atom is -0.496 e. The van der Waals surface area contributed by atoms with Gasteiger partial charge in [0.2, 0.25) is 0 Å². The van der Waals surface area contributed by atoms with Crippen molar-refractivity contribution in [2.45, 2.75) is 13.3 Å². The Morgan fingerprint density at radius 3 is 2.81 bits per heavy atom. The molecule has 0 saturated carbocycles. The first kappa shape index (κ1) is 17.3. The monoisotopic (exact) mass is 382 g/mol. The maximum absolute atomic E-state index is 6.52. The molecule has 0 bridgehead atoms. The number of fused-ring (bicyclic) bond motifs is 3. The Balaban J connectivity index is 2.09. The number of halogens is 1. The van der Waals surface area contributed by atoms with E-state index in [9.17, 15) is 0 Å². The average Bonchev–Trinajstić information content (AvgIpc) is 3.12. The number of hydrogen-bond donors (Lipinski definition) is 1. The number of hydrogen-bond acceptors (Lipinski definition) is 4. The van der Waals surface area contributed by atoms with E-state index in [1.54, 1.807) is 18.4 Å². The smallest absolute Gasteiger partial charge is 0.127 e. The molecule has 0 aliphatic carbocycles. The van der Waals surface area contributed by atoms with Crippen LogP contribution in [0.15, 0.2) is 41.9 Å². The molecule has 0 fully saturated rings. The van der Waals surface area contributed by atoms with Crippen LogP contribution in [0.2, 0.25) is 5.02 Å². The van der Waals surface area contributed by atoms with Crippen LogP contribution in [0.5, 0.6) is 5.75 Å². The Morgan fingerprint density at radius 1 is 1.23 bits per heavy atom. The second-order valence-electron chi connectivity index (χ2n) is 6.30. The third-order valence-electron chi connectivity index (χ3n) is 4.71. The van der Waals surface area contributed by atoms with Gasteiger partial charge < -0.3 is 10.5 Å². The number of nitrogens with two attached hydrogens (primary N) is 1. The molecule has 2 heterocycles. The molecule has 5 heteroatoms. The lowest BCUT2D eigenvalue weighted by atomic mass is 9.94. The summed E-state index contributed by atoms with van der Waals surface area (Å²) in [6.45, 7) is 2.65. The van der Waals surface area contributed by atoms with Gasteiger partial charge in [0.15, 0.2) is 0 Å². The lowest BCUT2D eigenvalue weighted by Gasteiger charge is -2.16. The third kappa shape index (κ3) is 2.75. The van der Waals surface area contributed by atoms with Crippen LogP contribution in [0.1, 0.15) is 11.1 Å². The van der Waals surface area contributed by atoms with Crippen molar-refractivity contribution < 1.29 is 4.74 Å². The van der Waals surface area contributed by atoms with E-state index >= 15 is 0 Å². The molecule has 0 unspecified atom stereocenters. The Labute approximate surface area is 161 Å². The van der Waals surface area contributed by atoms with Gasteiger partial charge in [0.25, 0.3) is 0 Å². The van der Waals surface area contributed by atoms with E-state index in [-0.39, 0.29) is 0 Å². The highest BCUT2D eigenvalue weighted by atomic mass is 35.5. The molecular weight excluding hydrogens is 364 g/mol. The summed E-state index contributed by atoms with van der Waals surface area (Å²) in [6.07, 6.45) is 2.71. The molecule has 132 valence electrons. The Bertz CT molecular complexity index is 1120. The highest BCUT2D eigenvalue weighted by Crippen LogP contribution is 2.43. The SMILES string of the molecule is COc1cc(C)c2ncc3sccc3c2c1-c1ccc(CCN)c(Cl)c1. The molecule has 2 aromatic heterocycles. The van der Waals surface area contributed by atoms with Gasteiger partial charge in [-0.3, -0.25) is 4.98 Å². The topological polar surface area (TPSA) is 48.1 Å². The first-order valence-corrected chi connectivity index (χ1v) is 9.72. The molecule has 0 saturated heterocycles. The van der Waals surface area contributed by atoms with Gasteiger partial charge in [0.05, 0.1) is 17.3 Å². The molecule has 0 radical (unpaired) electrons. The molecule has 2 N–H and O–H groups in total. The zero-order chi connectivity index (χ0) is 18.3. The second-order valence-corrected chi connectivity index (χ2v) is 7.65. The number of pyridine rings is 1. The van der Waals surface area contributed by atoms with Gasteiger partial charge in [-0.2, -0.15) is 0 Å². The minimum atomic E-state index is 0.579. The van der Waals surface area contributed by atoms with Crippen LogP contribution < -0.4 is 10.5 Å². The highest BCUT2D eigenvalue weighted by Gasteiger charge is 2.18. The van der Waals surface area contributed by atoms with E-state index in [2.05, 4.69) is 30.5 Å². The third-order valence-corrected chi connectivity index (χ3v) is 5.91. The molecule has 0 atom stereocenters. The standard InChI is InChI=1S/C21H19ClN2OS/c1-12-9-17(25-2)19(14-4-3-13(5-7-23)16(22)10-14)20-15-6-8-26-18(15)11-24-21(12)20/h3-4,6,8-11H,5,7,23H2,1-2H3. The van der Waals surface area contributed by atoms with Gasteiger partial charge in [0.1, 0.15) is 5.75 Å². The number of ether oxygens (including phenoxy) is 1. The van der Waals surface area contributed by atoms with Gasteiger partial charge in [0, 0.05) is 27.6 Å². The van der Waals surface area contributed by atoms with Gasteiger partial charge in [-0.05, 0) is 60.2 Å². The molecule has 0 aliphatic rings. The Hall–Kier alpha value is -2.14. The largest absolute Gasteiger partial charge is 0.496 e. The Kier molecular flexibility index (Phi) is 4.57. The van der Waals surface area contributed by atoms with Crippen LogP contribution in [0.3, 0.4) is 0 Å². The molecule has 0 amide bonds. The van der Waals surface area contributed by atoms with Crippen LogP contribution in [0.25, 0.3) is 32.1 Å². The lowest BCUT2D eigenvalue weighted by molar-refractivity contribution is 0.416. The van der Waals surface area contributed by atoms with E-state index in [4.69, 9.17) is 27.1 Å². The number of rotatable bonds is 4. The summed E-state index contributed by atoms with van der Waals surface area (Å²) in [5.41, 5.74) is 10.9. The fourth-order valence-electron chi connectivity index (χ4n) is 3.46. The van der Waals surface area contributed by atoms with Crippen LogP contribution in [0.4, 0.5) is 0 Å². The van der Waals surface area contributed by atoms with Gasteiger partial charge in [-0.25, -0.2) is 0 Å². The molecule has 2 aromatic carbocycles. The quantitative estimate of drug-likeness (QED) is 0.500. The zero-order valence-corrected chi connectivity index (χ0v) is 16.2. The summed E-state index contributed by atoms with van der Waals surface area (Å²) in [4.78, 5) is 4.72. The maximum atomic E-state index is 6.52. The maximum Gasteiger partial charge on any atom is 0.127 e. The highest BCUT2D eigenvalue weighted by molar-refractivity contribution is 7.17. The number of thiophene rings is 1. The predicted octanol–water partition coefficient (Wildman–Crippen LogP) is 5.59. The normalized spacial score (nSPS) is 11.4. The van der Waals surface area contributed by atoms with Crippen molar-refractivity contribution in [1.82, 2.24) is 4.98 Å². The van der Waals surface area contributed by atoms with Gasteiger partial charge in [-0.1, -0.05) is 23.7 Å². The molecule has 26 heavy (non-hydrogen) atoms. The lowest BCUT2D eigenvalue weighted by Crippen LogP contribution is -2.03. The number of benzene rings is 2. The fraction of sp³-hybridized carbons (Fsp3) is 0.190. The van der Waals surface area contributed by atoms with Crippen molar-refractivity contribution in [2.75, 3.05) is 13.7 Å². The second kappa shape index (κ2) is 6.88. The van der Waals surface area contributed by atoms with E-state index < -0.39 is 0 Å². The van der Waals surface area contributed by atoms with E-state index in [0.717, 1.165) is 55.0 Å². The van der Waals surface area contributed by atoms with Gasteiger partial charge >= 0.3 is 0 Å². The zero-order valence-electron chi connectivity index (χ0n) is 14.7. The number of nitrogens with zero attached hydrogens (tertiary/aromatic N) is 1. The number of aromatic nitrogens is 1. The van der Waals surface area contributed by atoms with Crippen molar-refractivity contribution in [1.29, 1.82) is 0 Å². The van der Waals surface area contributed by atoms with Gasteiger partial charge in [-0.15, -0.1) is 11.3 Å². The summed E-state index contributed by atoms with van der Waals surface area (Å²) >= 11 is 8.22. The molecule has 4 aromatic rings. The van der Waals surface area contributed by atoms with Crippen molar-refractivity contribution in [3.05, 3.63) is 58.1 Å². The predicted molar refractivity (Wildman–Crippen MR) is 112 cm³/mol. The molecule has 3 nitrogen and oxygen atoms in total. The first-order valence-electron chi connectivity index (χ1n) is 8.46. The summed E-state index contributed by atoms with van der Waals surface area (Å²) in [5.74, 6) is 0.832. The van der Waals surface area contributed by atoms with Crippen LogP contribution in [0, 0.1) is 6.92 Å². The summed E-state index contributed by atoms with van der Waals surface area (Å²) in [5, 5.41) is 5.14. The Morgan fingerprint density at radius 2 is 2.08 bits per heavy atom. The van der Waals surface area contributed by atoms with Crippen molar-refractivity contribution >= 4 is 43.9 Å². The van der Waals surface area contributed by atoms with Crippen molar-refractivity contribution in [3.8, 4) is 16.9 Å². The number of methoxy groups -OCH3 is 1.